The fourth-order valence-corrected chi connectivity index (χ4v) is 2.42. The summed E-state index contributed by atoms with van der Waals surface area (Å²) in [6.07, 6.45) is 0. The van der Waals surface area contributed by atoms with Gasteiger partial charge in [0.25, 0.3) is 0 Å². The van der Waals surface area contributed by atoms with Crippen molar-refractivity contribution in [2.75, 3.05) is 7.11 Å². The Labute approximate surface area is 122 Å². The molecule has 0 aliphatic carbocycles. The van der Waals surface area contributed by atoms with Gasteiger partial charge < -0.3 is 13.7 Å². The summed E-state index contributed by atoms with van der Waals surface area (Å²) < 4.78 is 12.8. The van der Waals surface area contributed by atoms with Crippen molar-refractivity contribution in [1.29, 1.82) is 0 Å². The van der Waals surface area contributed by atoms with Crippen molar-refractivity contribution in [3.05, 3.63) is 39.5 Å². The molecule has 0 saturated carbocycles. The molecule has 114 valence electrons. The second-order valence-electron chi connectivity index (χ2n) is 4.80. The van der Waals surface area contributed by atoms with Gasteiger partial charge in [-0.3, -0.25) is 4.79 Å². The van der Waals surface area contributed by atoms with Crippen LogP contribution in [0.4, 0.5) is 0 Å². The molecule has 2 aromatic heterocycles. The number of aromatic nitrogens is 3. The van der Waals surface area contributed by atoms with Crippen LogP contribution in [0.25, 0.3) is 0 Å². The second kappa shape index (κ2) is 6.09. The van der Waals surface area contributed by atoms with Gasteiger partial charge in [0.15, 0.2) is 5.78 Å². The number of ketones is 1. The molecule has 0 saturated heterocycles. The third-order valence-corrected chi connectivity index (χ3v) is 3.40. The molecule has 0 spiro atoms. The minimum absolute atomic E-state index is 0.0980. The lowest BCUT2D eigenvalue weighted by Crippen LogP contribution is -2.22. The zero-order valence-electron chi connectivity index (χ0n) is 12.7. The van der Waals surface area contributed by atoms with Gasteiger partial charge >= 0.3 is 5.76 Å². The van der Waals surface area contributed by atoms with E-state index in [1.54, 1.807) is 0 Å². The number of ether oxygens (including phenoxy) is 1. The van der Waals surface area contributed by atoms with Gasteiger partial charge in [-0.05, 0) is 26.8 Å². The summed E-state index contributed by atoms with van der Waals surface area (Å²) in [5, 5.41) is 3.93. The van der Waals surface area contributed by atoms with Crippen LogP contribution < -0.4 is 5.76 Å². The lowest BCUT2D eigenvalue weighted by molar-refractivity contribution is 0.0964. The van der Waals surface area contributed by atoms with E-state index in [0.717, 1.165) is 22.6 Å². The largest absolute Gasteiger partial charge is 0.437 e. The van der Waals surface area contributed by atoms with Crippen LogP contribution in [0.1, 0.15) is 34.6 Å². The van der Waals surface area contributed by atoms with E-state index in [0.29, 0.717) is 5.56 Å². The molecular weight excluding hydrogens is 274 g/mol. The summed E-state index contributed by atoms with van der Waals surface area (Å²) in [7, 11) is 1.48. The molecule has 0 aromatic carbocycles. The number of aryl methyl sites for hydroxylation is 1. The van der Waals surface area contributed by atoms with E-state index < -0.39 is 5.76 Å². The quantitative estimate of drug-likeness (QED) is 0.750. The summed E-state index contributed by atoms with van der Waals surface area (Å²) in [5.74, 6) is -0.656. The summed E-state index contributed by atoms with van der Waals surface area (Å²) in [4.78, 5) is 24.0. The van der Waals surface area contributed by atoms with Gasteiger partial charge in [-0.15, -0.1) is 5.10 Å². The highest BCUT2D eigenvalue weighted by Crippen LogP contribution is 2.16. The first-order valence-corrected chi connectivity index (χ1v) is 6.73. The van der Waals surface area contributed by atoms with Crippen molar-refractivity contribution in [3.63, 3.8) is 0 Å². The SMILES string of the molecule is CCn1c(C)cc(C(=O)Cn2nc(COC)oc2=O)c1C. The number of methoxy groups -OCH3 is 1. The van der Waals surface area contributed by atoms with Crippen molar-refractivity contribution in [2.45, 2.75) is 40.5 Å². The maximum Gasteiger partial charge on any atom is 0.437 e. The smallest absolute Gasteiger partial charge is 0.390 e. The fraction of sp³-hybridized carbons (Fsp3) is 0.500. The van der Waals surface area contributed by atoms with Crippen molar-refractivity contribution < 1.29 is 13.9 Å². The molecule has 0 N–H and O–H groups in total. The van der Waals surface area contributed by atoms with E-state index in [2.05, 4.69) is 9.67 Å². The van der Waals surface area contributed by atoms with Crippen molar-refractivity contribution in [1.82, 2.24) is 14.3 Å². The average molecular weight is 293 g/mol. The maximum absolute atomic E-state index is 12.3. The van der Waals surface area contributed by atoms with Crippen LogP contribution in [0.5, 0.6) is 0 Å². The van der Waals surface area contributed by atoms with Crippen LogP contribution in [-0.2, 0) is 24.4 Å². The monoisotopic (exact) mass is 293 g/mol. The highest BCUT2D eigenvalue weighted by atomic mass is 16.5. The third kappa shape index (κ3) is 2.97. The molecule has 0 amide bonds. The first-order chi connectivity index (χ1) is 9.97. The number of rotatable bonds is 6. The van der Waals surface area contributed by atoms with Gasteiger partial charge in [0.2, 0.25) is 5.89 Å². The Morgan fingerprint density at radius 1 is 1.43 bits per heavy atom. The van der Waals surface area contributed by atoms with E-state index in [4.69, 9.17) is 9.15 Å². The molecule has 2 heterocycles. The lowest BCUT2D eigenvalue weighted by Gasteiger charge is -2.05. The Balaban J connectivity index is 2.24. The average Bonchev–Trinajstić information content (AvgIpc) is 2.91. The minimum atomic E-state index is -0.653. The molecule has 0 fully saturated rings. The van der Waals surface area contributed by atoms with Gasteiger partial charge in [0, 0.05) is 30.6 Å². The molecule has 0 aliphatic heterocycles. The standard InChI is InChI=1S/C14H19N3O4/c1-5-16-9(2)6-11(10(16)3)12(18)7-17-14(19)21-13(15-17)8-20-4/h6H,5,7-8H2,1-4H3. The maximum atomic E-state index is 12.3. The zero-order valence-corrected chi connectivity index (χ0v) is 12.7. The van der Waals surface area contributed by atoms with E-state index in [-0.39, 0.29) is 24.8 Å². The van der Waals surface area contributed by atoms with Crippen LogP contribution >= 0.6 is 0 Å². The number of nitrogens with zero attached hydrogens (tertiary/aromatic N) is 3. The van der Waals surface area contributed by atoms with E-state index in [9.17, 15) is 9.59 Å². The molecule has 2 rings (SSSR count). The molecule has 0 radical (unpaired) electrons. The molecule has 0 aliphatic rings. The first kappa shape index (κ1) is 15.2. The van der Waals surface area contributed by atoms with Crippen LogP contribution in [0.2, 0.25) is 0 Å². The molecule has 2 aromatic rings. The first-order valence-electron chi connectivity index (χ1n) is 6.73. The number of Topliss-reactive ketones (excluding diaryl/α,β-unsaturated/α-hetero) is 1. The summed E-state index contributed by atoms with van der Waals surface area (Å²) in [6.45, 7) is 6.62. The summed E-state index contributed by atoms with van der Waals surface area (Å²) >= 11 is 0. The van der Waals surface area contributed by atoms with Crippen LogP contribution in [-0.4, -0.2) is 27.2 Å². The van der Waals surface area contributed by atoms with Crippen LogP contribution in [0.15, 0.2) is 15.3 Å². The van der Waals surface area contributed by atoms with E-state index in [1.807, 2.05) is 26.8 Å². The number of hydrogen-bond acceptors (Lipinski definition) is 5. The Hall–Kier alpha value is -2.15. The highest BCUT2D eigenvalue weighted by molar-refractivity contribution is 5.97. The highest BCUT2D eigenvalue weighted by Gasteiger charge is 2.18. The van der Waals surface area contributed by atoms with Crippen LogP contribution in [0.3, 0.4) is 0 Å². The van der Waals surface area contributed by atoms with Crippen molar-refractivity contribution in [2.24, 2.45) is 0 Å². The van der Waals surface area contributed by atoms with Crippen molar-refractivity contribution in [3.8, 4) is 0 Å². The van der Waals surface area contributed by atoms with Crippen molar-refractivity contribution >= 4 is 5.78 Å². The van der Waals surface area contributed by atoms with Gasteiger partial charge in [-0.2, -0.15) is 4.68 Å². The van der Waals surface area contributed by atoms with Crippen LogP contribution in [0, 0.1) is 13.8 Å². The molecule has 0 unspecified atom stereocenters. The van der Waals surface area contributed by atoms with E-state index >= 15 is 0 Å². The predicted molar refractivity (Wildman–Crippen MR) is 75.4 cm³/mol. The number of hydrogen-bond donors (Lipinski definition) is 0. The summed E-state index contributed by atoms with van der Waals surface area (Å²) in [5.41, 5.74) is 2.53. The molecule has 7 nitrogen and oxygen atoms in total. The molecule has 7 heteroatoms. The topological polar surface area (TPSA) is 79.3 Å². The Morgan fingerprint density at radius 3 is 2.71 bits per heavy atom. The minimum Gasteiger partial charge on any atom is -0.390 e. The fourth-order valence-electron chi connectivity index (χ4n) is 2.42. The van der Waals surface area contributed by atoms with E-state index in [1.165, 1.54) is 7.11 Å². The van der Waals surface area contributed by atoms with Gasteiger partial charge in [0.05, 0.1) is 0 Å². The lowest BCUT2D eigenvalue weighted by atomic mass is 10.1. The molecule has 0 atom stereocenters. The number of carbonyl (C=O) groups excluding carboxylic acids is 1. The zero-order chi connectivity index (χ0) is 15.6. The molecule has 21 heavy (non-hydrogen) atoms. The van der Waals surface area contributed by atoms with Gasteiger partial charge in [0.1, 0.15) is 13.2 Å². The Morgan fingerprint density at radius 2 is 2.14 bits per heavy atom. The summed E-state index contributed by atoms with van der Waals surface area (Å²) in [6, 6.07) is 1.84. The third-order valence-electron chi connectivity index (χ3n) is 3.40. The van der Waals surface area contributed by atoms with Gasteiger partial charge in [-0.1, -0.05) is 0 Å². The second-order valence-corrected chi connectivity index (χ2v) is 4.80. The molecular formula is C14H19N3O4. The normalized spacial score (nSPS) is 11.0. The Bertz CT molecular complexity index is 708. The Kier molecular flexibility index (Phi) is 4.42. The number of carbonyl (C=O) groups is 1. The predicted octanol–water partition coefficient (Wildman–Crippen LogP) is 1.30. The molecule has 0 bridgehead atoms. The van der Waals surface area contributed by atoms with Gasteiger partial charge in [-0.25, -0.2) is 4.79 Å².